The minimum atomic E-state index is -0.813. The maximum atomic E-state index is 10.6. The fourth-order valence-electron chi connectivity index (χ4n) is 0.543. The molecule has 0 saturated carbocycles. The van der Waals surface area contributed by atoms with Gasteiger partial charge in [0.1, 0.15) is 6.07 Å². The predicted octanol–water partition coefficient (Wildman–Crippen LogP) is -1.64. The maximum absolute atomic E-state index is 10.6. The van der Waals surface area contributed by atoms with Crippen LogP contribution >= 0.6 is 0 Å². The Bertz CT molecular complexity index is 383. The van der Waals surface area contributed by atoms with Crippen LogP contribution in [0.25, 0.3) is 0 Å². The Morgan fingerprint density at radius 1 is 1.50 bits per heavy atom. The number of hydrogen-bond acceptors (Lipinski definition) is 5. The molecule has 62 valence electrons. The van der Waals surface area contributed by atoms with Crippen LogP contribution in [0.4, 0.5) is 0 Å². The van der Waals surface area contributed by atoms with Crippen LogP contribution in [0.5, 0.6) is 6.01 Å². The van der Waals surface area contributed by atoms with Gasteiger partial charge in [-0.05, 0) is 0 Å². The van der Waals surface area contributed by atoms with Crippen LogP contribution < -0.4 is 16.1 Å². The van der Waals surface area contributed by atoms with E-state index in [4.69, 9.17) is 5.26 Å². The second kappa shape index (κ2) is 3.34. The largest absolute Gasteiger partial charge is 0.449 e. The fourth-order valence-corrected chi connectivity index (χ4v) is 0.543. The van der Waals surface area contributed by atoms with E-state index >= 15 is 0 Å². The Hall–Kier alpha value is -2.10. The van der Waals surface area contributed by atoms with Crippen molar-refractivity contribution in [1.82, 2.24) is 15.0 Å². The SMILES string of the molecule is N#CCOc1nc(=O)[nH]c(=O)[nH]1. The van der Waals surface area contributed by atoms with Crippen molar-refractivity contribution < 1.29 is 4.74 Å². The van der Waals surface area contributed by atoms with E-state index in [-0.39, 0.29) is 12.6 Å². The van der Waals surface area contributed by atoms with Gasteiger partial charge in [-0.25, -0.2) is 9.59 Å². The van der Waals surface area contributed by atoms with Crippen molar-refractivity contribution in [2.45, 2.75) is 0 Å². The number of rotatable bonds is 2. The van der Waals surface area contributed by atoms with Crippen LogP contribution in [-0.4, -0.2) is 21.6 Å². The molecular weight excluding hydrogens is 164 g/mol. The van der Waals surface area contributed by atoms with Crippen molar-refractivity contribution in [3.8, 4) is 12.1 Å². The predicted molar refractivity (Wildman–Crippen MR) is 36.6 cm³/mol. The van der Waals surface area contributed by atoms with Gasteiger partial charge in [0.05, 0.1) is 0 Å². The summed E-state index contributed by atoms with van der Waals surface area (Å²) >= 11 is 0. The van der Waals surface area contributed by atoms with Gasteiger partial charge in [0.2, 0.25) is 0 Å². The standard InChI is InChI=1S/C5H4N4O3/c6-1-2-12-5-8-3(10)7-4(11)9-5/h2H2,(H2,7,8,9,10,11). The zero-order valence-corrected chi connectivity index (χ0v) is 5.83. The molecule has 12 heavy (non-hydrogen) atoms. The summed E-state index contributed by atoms with van der Waals surface area (Å²) in [7, 11) is 0. The van der Waals surface area contributed by atoms with Crippen LogP contribution in [0.3, 0.4) is 0 Å². The van der Waals surface area contributed by atoms with Crippen LogP contribution in [0.15, 0.2) is 9.59 Å². The molecule has 0 aromatic carbocycles. The molecule has 0 aliphatic heterocycles. The maximum Gasteiger partial charge on any atom is 0.353 e. The molecule has 1 aromatic heterocycles. The summed E-state index contributed by atoms with van der Waals surface area (Å²) in [5, 5.41) is 8.09. The minimum Gasteiger partial charge on any atom is -0.449 e. The van der Waals surface area contributed by atoms with Gasteiger partial charge in [0.25, 0.3) is 0 Å². The number of nitriles is 1. The number of aromatic nitrogens is 3. The Balaban J connectivity index is 2.95. The summed E-state index contributed by atoms with van der Waals surface area (Å²) in [4.78, 5) is 28.3. The lowest BCUT2D eigenvalue weighted by Crippen LogP contribution is -2.25. The van der Waals surface area contributed by atoms with Crippen molar-refractivity contribution in [2.75, 3.05) is 6.61 Å². The molecule has 1 heterocycles. The van der Waals surface area contributed by atoms with Crippen LogP contribution in [-0.2, 0) is 0 Å². The molecule has 0 atom stereocenters. The number of H-pyrrole nitrogens is 2. The smallest absolute Gasteiger partial charge is 0.353 e. The summed E-state index contributed by atoms with van der Waals surface area (Å²) < 4.78 is 4.57. The Labute approximate surface area is 65.6 Å². The van der Waals surface area contributed by atoms with Crippen LogP contribution in [0.2, 0.25) is 0 Å². The summed E-state index contributed by atoms with van der Waals surface area (Å²) in [5.41, 5.74) is -1.53. The van der Waals surface area contributed by atoms with Gasteiger partial charge in [-0.3, -0.25) is 9.97 Å². The summed E-state index contributed by atoms with van der Waals surface area (Å²) in [5.74, 6) is 0. The minimum absolute atomic E-state index is 0.259. The first-order chi connectivity index (χ1) is 5.72. The molecule has 0 amide bonds. The van der Waals surface area contributed by atoms with E-state index in [1.165, 1.54) is 0 Å². The normalized spacial score (nSPS) is 8.92. The monoisotopic (exact) mass is 168 g/mol. The molecule has 1 rings (SSSR count). The Morgan fingerprint density at radius 2 is 2.25 bits per heavy atom. The van der Waals surface area contributed by atoms with Crippen LogP contribution in [0, 0.1) is 11.3 Å². The second-order valence-electron chi connectivity index (χ2n) is 1.75. The highest BCUT2D eigenvalue weighted by molar-refractivity contribution is 4.89. The average molecular weight is 168 g/mol. The van der Waals surface area contributed by atoms with Crippen molar-refractivity contribution in [3.05, 3.63) is 21.0 Å². The lowest BCUT2D eigenvalue weighted by molar-refractivity contribution is 0.333. The lowest BCUT2D eigenvalue weighted by Gasteiger charge is -1.95. The molecule has 0 aliphatic carbocycles. The van der Waals surface area contributed by atoms with E-state index in [9.17, 15) is 9.59 Å². The van der Waals surface area contributed by atoms with Gasteiger partial charge in [-0.15, -0.1) is 4.98 Å². The van der Waals surface area contributed by atoms with Gasteiger partial charge in [0, 0.05) is 0 Å². The van der Waals surface area contributed by atoms with Gasteiger partial charge >= 0.3 is 17.4 Å². The second-order valence-corrected chi connectivity index (χ2v) is 1.75. The fraction of sp³-hybridized carbons (Fsp3) is 0.200. The number of nitrogens with one attached hydrogen (secondary N) is 2. The number of nitrogens with zero attached hydrogens (tertiary/aromatic N) is 2. The number of ether oxygens (including phenoxy) is 1. The first-order valence-electron chi connectivity index (χ1n) is 2.93. The Morgan fingerprint density at radius 3 is 2.83 bits per heavy atom. The molecule has 1 aromatic rings. The quantitative estimate of drug-likeness (QED) is 0.550. The highest BCUT2D eigenvalue weighted by Crippen LogP contribution is 1.89. The molecule has 7 heteroatoms. The van der Waals surface area contributed by atoms with Crippen molar-refractivity contribution >= 4 is 0 Å². The third kappa shape index (κ3) is 1.95. The molecule has 2 N–H and O–H groups in total. The molecule has 0 bridgehead atoms. The lowest BCUT2D eigenvalue weighted by atomic mass is 10.8. The molecule has 0 spiro atoms. The third-order valence-corrected chi connectivity index (χ3v) is 0.917. The average Bonchev–Trinajstić information content (AvgIpc) is 1.99. The van der Waals surface area contributed by atoms with E-state index < -0.39 is 11.4 Å². The topological polar surface area (TPSA) is 112 Å². The van der Waals surface area contributed by atoms with E-state index in [0.29, 0.717) is 0 Å². The molecule has 7 nitrogen and oxygen atoms in total. The first-order valence-corrected chi connectivity index (χ1v) is 2.93. The summed E-state index contributed by atoms with van der Waals surface area (Å²) in [6, 6.07) is 1.40. The van der Waals surface area contributed by atoms with Crippen molar-refractivity contribution in [3.63, 3.8) is 0 Å². The highest BCUT2D eigenvalue weighted by atomic mass is 16.5. The van der Waals surface area contributed by atoms with Gasteiger partial charge < -0.3 is 4.74 Å². The number of aromatic amines is 2. The van der Waals surface area contributed by atoms with E-state index in [0.717, 1.165) is 0 Å². The summed E-state index contributed by atoms with van der Waals surface area (Å²) in [6.07, 6.45) is 0. The molecular formula is C5H4N4O3. The van der Waals surface area contributed by atoms with Gasteiger partial charge in [-0.2, -0.15) is 5.26 Å². The van der Waals surface area contributed by atoms with Gasteiger partial charge in [-0.1, -0.05) is 0 Å². The van der Waals surface area contributed by atoms with E-state index in [1.807, 2.05) is 4.98 Å². The zero-order valence-electron chi connectivity index (χ0n) is 5.83. The Kier molecular flexibility index (Phi) is 2.23. The van der Waals surface area contributed by atoms with E-state index in [2.05, 4.69) is 14.7 Å². The molecule has 0 fully saturated rings. The molecule has 0 unspecified atom stereocenters. The van der Waals surface area contributed by atoms with Crippen LogP contribution in [0.1, 0.15) is 0 Å². The third-order valence-electron chi connectivity index (χ3n) is 0.917. The summed E-state index contributed by atoms with van der Waals surface area (Å²) in [6.45, 7) is -0.271. The number of hydrogen-bond donors (Lipinski definition) is 2. The van der Waals surface area contributed by atoms with Crippen molar-refractivity contribution in [2.24, 2.45) is 0 Å². The zero-order chi connectivity index (χ0) is 8.97. The molecule has 0 radical (unpaired) electrons. The van der Waals surface area contributed by atoms with Gasteiger partial charge in [0.15, 0.2) is 6.61 Å². The molecule has 0 saturated heterocycles. The van der Waals surface area contributed by atoms with E-state index in [1.54, 1.807) is 6.07 Å². The van der Waals surface area contributed by atoms with Crippen molar-refractivity contribution in [1.29, 1.82) is 5.26 Å². The molecule has 0 aliphatic rings. The highest BCUT2D eigenvalue weighted by Gasteiger charge is 1.96. The first kappa shape index (κ1) is 8.00.